The second-order valence-electron chi connectivity index (χ2n) is 5.33. The molecule has 0 fully saturated rings. The average Bonchev–Trinajstić information content (AvgIpc) is 2.61. The normalized spacial score (nSPS) is 10.1. The van der Waals surface area contributed by atoms with Gasteiger partial charge in [-0.25, -0.2) is 4.79 Å². The van der Waals surface area contributed by atoms with Gasteiger partial charge in [0.25, 0.3) is 0 Å². The monoisotopic (exact) mass is 374 g/mol. The number of nitrogens with one attached hydrogen (secondary N) is 1. The second-order valence-corrected chi connectivity index (χ2v) is 5.33. The molecule has 3 rings (SSSR count). The SMILES string of the molecule is CCOC(=O)c1cnc2ccc(OC)cc2c1Nc1cccc(O)c1.Cl. The Morgan fingerprint density at radius 1 is 1.23 bits per heavy atom. The molecule has 26 heavy (non-hydrogen) atoms. The van der Waals surface area contributed by atoms with Crippen LogP contribution in [0, 0.1) is 0 Å². The minimum Gasteiger partial charge on any atom is -0.508 e. The number of phenols is 1. The molecular weight excluding hydrogens is 356 g/mol. The fourth-order valence-corrected chi connectivity index (χ4v) is 2.52. The maximum atomic E-state index is 12.3. The summed E-state index contributed by atoms with van der Waals surface area (Å²) < 4.78 is 10.4. The summed E-state index contributed by atoms with van der Waals surface area (Å²) in [4.78, 5) is 16.7. The summed E-state index contributed by atoms with van der Waals surface area (Å²) in [7, 11) is 1.58. The van der Waals surface area contributed by atoms with E-state index in [1.54, 1.807) is 50.4 Å². The van der Waals surface area contributed by atoms with Gasteiger partial charge >= 0.3 is 5.97 Å². The number of phenolic OH excluding ortho intramolecular Hbond substituents is 1. The molecule has 136 valence electrons. The number of aromatic hydroxyl groups is 1. The number of methoxy groups -OCH3 is 1. The van der Waals surface area contributed by atoms with Gasteiger partial charge in [0.15, 0.2) is 0 Å². The van der Waals surface area contributed by atoms with Gasteiger partial charge in [0.2, 0.25) is 0 Å². The molecule has 1 heterocycles. The van der Waals surface area contributed by atoms with Crippen molar-refractivity contribution < 1.29 is 19.4 Å². The van der Waals surface area contributed by atoms with Crippen LogP contribution in [-0.4, -0.2) is 29.8 Å². The van der Waals surface area contributed by atoms with Crippen LogP contribution in [0.1, 0.15) is 17.3 Å². The topological polar surface area (TPSA) is 80.7 Å². The van der Waals surface area contributed by atoms with Crippen LogP contribution in [0.4, 0.5) is 11.4 Å². The third-order valence-corrected chi connectivity index (χ3v) is 3.69. The summed E-state index contributed by atoms with van der Waals surface area (Å²) >= 11 is 0. The molecule has 0 saturated carbocycles. The number of aromatic nitrogens is 1. The van der Waals surface area contributed by atoms with Gasteiger partial charge in [-0.3, -0.25) is 4.98 Å². The lowest BCUT2D eigenvalue weighted by atomic mass is 10.1. The lowest BCUT2D eigenvalue weighted by Crippen LogP contribution is -2.09. The predicted molar refractivity (Wildman–Crippen MR) is 103 cm³/mol. The number of anilines is 2. The average molecular weight is 375 g/mol. The maximum Gasteiger partial charge on any atom is 0.341 e. The van der Waals surface area contributed by atoms with E-state index in [9.17, 15) is 9.90 Å². The molecule has 7 heteroatoms. The zero-order valence-corrected chi connectivity index (χ0v) is 15.2. The molecule has 0 atom stereocenters. The highest BCUT2D eigenvalue weighted by Gasteiger charge is 2.17. The highest BCUT2D eigenvalue weighted by Crippen LogP contribution is 2.32. The van der Waals surface area contributed by atoms with E-state index in [0.29, 0.717) is 33.6 Å². The third kappa shape index (κ3) is 3.97. The van der Waals surface area contributed by atoms with Gasteiger partial charge in [-0.1, -0.05) is 6.07 Å². The zero-order chi connectivity index (χ0) is 17.8. The van der Waals surface area contributed by atoms with Gasteiger partial charge in [0.05, 0.1) is 24.9 Å². The van der Waals surface area contributed by atoms with Crippen LogP contribution in [-0.2, 0) is 4.74 Å². The van der Waals surface area contributed by atoms with Gasteiger partial charge in [0, 0.05) is 23.3 Å². The molecule has 0 amide bonds. The van der Waals surface area contributed by atoms with Crippen molar-refractivity contribution in [1.29, 1.82) is 0 Å². The van der Waals surface area contributed by atoms with E-state index in [2.05, 4.69) is 10.3 Å². The van der Waals surface area contributed by atoms with Gasteiger partial charge in [-0.15, -0.1) is 12.4 Å². The Kier molecular flexibility index (Phi) is 6.25. The number of benzene rings is 2. The fourth-order valence-electron chi connectivity index (χ4n) is 2.52. The first kappa shape index (κ1) is 19.3. The van der Waals surface area contributed by atoms with Crippen LogP contribution in [0.25, 0.3) is 10.9 Å². The summed E-state index contributed by atoms with van der Waals surface area (Å²) in [6, 6.07) is 12.1. The van der Waals surface area contributed by atoms with Crippen molar-refractivity contribution in [2.75, 3.05) is 19.0 Å². The van der Waals surface area contributed by atoms with Gasteiger partial charge in [-0.05, 0) is 37.3 Å². The standard InChI is InChI=1S/C19H18N2O4.ClH/c1-3-25-19(23)16-11-20-17-8-7-14(24-2)10-15(17)18(16)21-12-5-4-6-13(22)9-12;/h4-11,22H,3H2,1-2H3,(H,20,21);1H. The zero-order valence-electron chi connectivity index (χ0n) is 14.4. The quantitative estimate of drug-likeness (QED) is 0.648. The fraction of sp³-hybridized carbons (Fsp3) is 0.158. The molecule has 0 spiro atoms. The number of hydrogen-bond acceptors (Lipinski definition) is 6. The Hall–Kier alpha value is -2.99. The van der Waals surface area contributed by atoms with Crippen molar-refractivity contribution in [2.24, 2.45) is 0 Å². The lowest BCUT2D eigenvalue weighted by molar-refractivity contribution is 0.0527. The van der Waals surface area contributed by atoms with E-state index in [4.69, 9.17) is 9.47 Å². The molecule has 2 aromatic carbocycles. The number of fused-ring (bicyclic) bond motifs is 1. The van der Waals surface area contributed by atoms with E-state index in [1.165, 1.54) is 6.20 Å². The Morgan fingerprint density at radius 3 is 2.73 bits per heavy atom. The Morgan fingerprint density at radius 2 is 2.04 bits per heavy atom. The van der Waals surface area contributed by atoms with E-state index < -0.39 is 5.97 Å². The highest BCUT2D eigenvalue weighted by molar-refractivity contribution is 6.06. The van der Waals surface area contributed by atoms with E-state index >= 15 is 0 Å². The van der Waals surface area contributed by atoms with Crippen LogP contribution in [0.2, 0.25) is 0 Å². The molecular formula is C19H19ClN2O4. The van der Waals surface area contributed by atoms with Crippen molar-refractivity contribution in [3.63, 3.8) is 0 Å². The minimum atomic E-state index is -0.470. The number of nitrogens with zero attached hydrogens (tertiary/aromatic N) is 1. The number of ether oxygens (including phenoxy) is 2. The van der Waals surface area contributed by atoms with Crippen LogP contribution in [0.3, 0.4) is 0 Å². The van der Waals surface area contributed by atoms with Crippen molar-refractivity contribution in [3.8, 4) is 11.5 Å². The Labute approximate surface area is 157 Å². The third-order valence-electron chi connectivity index (χ3n) is 3.69. The molecule has 0 radical (unpaired) electrons. The van der Waals surface area contributed by atoms with Crippen LogP contribution >= 0.6 is 12.4 Å². The Balaban J connectivity index is 0.00000243. The molecule has 6 nitrogen and oxygen atoms in total. The number of carbonyl (C=O) groups excluding carboxylic acids is 1. The van der Waals surface area contributed by atoms with Gasteiger partial charge in [0.1, 0.15) is 17.1 Å². The lowest BCUT2D eigenvalue weighted by Gasteiger charge is -2.15. The molecule has 3 aromatic rings. The molecule has 0 unspecified atom stereocenters. The van der Waals surface area contributed by atoms with Crippen molar-refractivity contribution in [1.82, 2.24) is 4.98 Å². The molecule has 0 aliphatic rings. The van der Waals surface area contributed by atoms with Crippen LogP contribution in [0.5, 0.6) is 11.5 Å². The van der Waals surface area contributed by atoms with Crippen LogP contribution < -0.4 is 10.1 Å². The van der Waals surface area contributed by atoms with Crippen molar-refractivity contribution in [3.05, 3.63) is 54.2 Å². The van der Waals surface area contributed by atoms with E-state index in [1.807, 2.05) is 6.07 Å². The first-order chi connectivity index (χ1) is 12.1. The van der Waals surface area contributed by atoms with Gasteiger partial charge < -0.3 is 19.9 Å². The van der Waals surface area contributed by atoms with Crippen molar-refractivity contribution >= 4 is 40.7 Å². The summed E-state index contributed by atoms with van der Waals surface area (Å²) in [5.74, 6) is 0.301. The first-order valence-electron chi connectivity index (χ1n) is 7.82. The number of pyridine rings is 1. The van der Waals surface area contributed by atoms with Crippen molar-refractivity contribution in [2.45, 2.75) is 6.92 Å². The maximum absolute atomic E-state index is 12.3. The number of rotatable bonds is 5. The highest BCUT2D eigenvalue weighted by atomic mass is 35.5. The summed E-state index contributed by atoms with van der Waals surface area (Å²) in [6.07, 6.45) is 1.48. The van der Waals surface area contributed by atoms with Crippen LogP contribution in [0.15, 0.2) is 48.7 Å². The van der Waals surface area contributed by atoms with E-state index in [-0.39, 0.29) is 24.8 Å². The first-order valence-corrected chi connectivity index (χ1v) is 7.82. The molecule has 0 bridgehead atoms. The molecule has 0 aliphatic heterocycles. The number of hydrogen-bond donors (Lipinski definition) is 2. The number of esters is 1. The largest absolute Gasteiger partial charge is 0.508 e. The number of carbonyl (C=O) groups is 1. The minimum absolute atomic E-state index is 0. The second kappa shape index (κ2) is 8.40. The molecule has 1 aromatic heterocycles. The smallest absolute Gasteiger partial charge is 0.341 e. The summed E-state index contributed by atoms with van der Waals surface area (Å²) in [5, 5.41) is 13.6. The molecule has 2 N–H and O–H groups in total. The van der Waals surface area contributed by atoms with E-state index in [0.717, 1.165) is 0 Å². The summed E-state index contributed by atoms with van der Waals surface area (Å²) in [6.45, 7) is 2.01. The molecule has 0 saturated heterocycles. The predicted octanol–water partition coefficient (Wildman–Crippen LogP) is 4.29. The summed E-state index contributed by atoms with van der Waals surface area (Å²) in [5.41, 5.74) is 2.20. The van der Waals surface area contributed by atoms with Gasteiger partial charge in [-0.2, -0.15) is 0 Å². The number of halogens is 1. The Bertz CT molecular complexity index is 931. The molecule has 0 aliphatic carbocycles.